The lowest BCUT2D eigenvalue weighted by atomic mass is 10.2. The standard InChI is InChI=1S/C11H14N4O/c1-8-3-4-11(16-2)10(5-8)15-9(6-12)7-13-14-15/h3-5,7H,6,12H2,1-2H3. The molecule has 2 aromatic rings. The van der Waals surface area contributed by atoms with Crippen molar-refractivity contribution in [1.29, 1.82) is 0 Å². The third kappa shape index (κ3) is 1.77. The summed E-state index contributed by atoms with van der Waals surface area (Å²) in [4.78, 5) is 0. The Bertz CT molecular complexity index is 492. The summed E-state index contributed by atoms with van der Waals surface area (Å²) in [6.07, 6.45) is 1.65. The van der Waals surface area contributed by atoms with Crippen molar-refractivity contribution in [2.45, 2.75) is 13.5 Å². The van der Waals surface area contributed by atoms with Gasteiger partial charge in [0, 0.05) is 6.54 Å². The first-order valence-corrected chi connectivity index (χ1v) is 5.01. The summed E-state index contributed by atoms with van der Waals surface area (Å²) < 4.78 is 6.99. The Hall–Kier alpha value is -1.88. The molecule has 1 heterocycles. The molecular weight excluding hydrogens is 204 g/mol. The first kappa shape index (κ1) is 10.6. The summed E-state index contributed by atoms with van der Waals surface area (Å²) in [5, 5.41) is 7.87. The van der Waals surface area contributed by atoms with Gasteiger partial charge in [-0.15, -0.1) is 5.10 Å². The largest absolute Gasteiger partial charge is 0.494 e. The van der Waals surface area contributed by atoms with Crippen molar-refractivity contribution in [2.24, 2.45) is 5.73 Å². The molecule has 0 amide bonds. The Balaban J connectivity index is 2.58. The summed E-state index contributed by atoms with van der Waals surface area (Å²) in [6, 6.07) is 5.89. The highest BCUT2D eigenvalue weighted by atomic mass is 16.5. The van der Waals surface area contributed by atoms with Gasteiger partial charge in [-0.1, -0.05) is 11.3 Å². The van der Waals surface area contributed by atoms with E-state index in [0.717, 1.165) is 22.7 Å². The Morgan fingerprint density at radius 1 is 1.44 bits per heavy atom. The van der Waals surface area contributed by atoms with E-state index in [0.29, 0.717) is 6.54 Å². The molecule has 1 aromatic carbocycles. The number of hydrogen-bond acceptors (Lipinski definition) is 4. The number of hydrogen-bond donors (Lipinski definition) is 1. The number of aromatic nitrogens is 3. The van der Waals surface area contributed by atoms with Gasteiger partial charge in [-0.2, -0.15) is 0 Å². The maximum atomic E-state index is 5.62. The SMILES string of the molecule is COc1ccc(C)cc1-n1nncc1CN. The highest BCUT2D eigenvalue weighted by molar-refractivity contribution is 5.48. The maximum absolute atomic E-state index is 5.62. The highest BCUT2D eigenvalue weighted by Gasteiger charge is 2.10. The molecule has 0 unspecified atom stereocenters. The van der Waals surface area contributed by atoms with E-state index < -0.39 is 0 Å². The minimum Gasteiger partial charge on any atom is -0.494 e. The Morgan fingerprint density at radius 2 is 2.25 bits per heavy atom. The van der Waals surface area contributed by atoms with Crippen molar-refractivity contribution in [3.63, 3.8) is 0 Å². The van der Waals surface area contributed by atoms with Crippen molar-refractivity contribution in [2.75, 3.05) is 7.11 Å². The molecule has 0 aliphatic heterocycles. The van der Waals surface area contributed by atoms with Crippen LogP contribution in [0.1, 0.15) is 11.3 Å². The van der Waals surface area contributed by atoms with Gasteiger partial charge in [0.15, 0.2) is 0 Å². The monoisotopic (exact) mass is 218 g/mol. The Kier molecular flexibility index (Phi) is 2.87. The van der Waals surface area contributed by atoms with Gasteiger partial charge in [0.2, 0.25) is 0 Å². The number of benzene rings is 1. The second kappa shape index (κ2) is 4.32. The highest BCUT2D eigenvalue weighted by Crippen LogP contribution is 2.23. The fourth-order valence-corrected chi connectivity index (χ4v) is 1.56. The number of aryl methyl sites for hydroxylation is 1. The van der Waals surface area contributed by atoms with Crippen LogP contribution in [0.25, 0.3) is 5.69 Å². The van der Waals surface area contributed by atoms with Gasteiger partial charge >= 0.3 is 0 Å². The number of nitrogens with zero attached hydrogens (tertiary/aromatic N) is 3. The topological polar surface area (TPSA) is 66.0 Å². The van der Waals surface area contributed by atoms with Crippen LogP contribution in [0.3, 0.4) is 0 Å². The lowest BCUT2D eigenvalue weighted by molar-refractivity contribution is 0.411. The van der Waals surface area contributed by atoms with Crippen LogP contribution in [0, 0.1) is 6.92 Å². The number of ether oxygens (including phenoxy) is 1. The van der Waals surface area contributed by atoms with Crippen molar-refractivity contribution in [1.82, 2.24) is 15.0 Å². The third-order valence-electron chi connectivity index (χ3n) is 2.39. The molecule has 1 aromatic heterocycles. The van der Waals surface area contributed by atoms with Gasteiger partial charge in [-0.25, -0.2) is 4.68 Å². The normalized spacial score (nSPS) is 10.4. The van der Waals surface area contributed by atoms with Crippen molar-refractivity contribution in [3.8, 4) is 11.4 Å². The molecule has 2 rings (SSSR count). The lowest BCUT2D eigenvalue weighted by Gasteiger charge is -2.10. The molecule has 0 radical (unpaired) electrons. The Morgan fingerprint density at radius 3 is 2.94 bits per heavy atom. The molecule has 0 saturated carbocycles. The molecule has 0 spiro atoms. The molecule has 0 aliphatic carbocycles. The van der Waals surface area contributed by atoms with Crippen LogP contribution in [0.15, 0.2) is 24.4 Å². The molecule has 2 N–H and O–H groups in total. The van der Waals surface area contributed by atoms with Crippen molar-refractivity contribution in [3.05, 3.63) is 35.7 Å². The summed E-state index contributed by atoms with van der Waals surface area (Å²) in [6.45, 7) is 2.41. The maximum Gasteiger partial charge on any atom is 0.144 e. The smallest absolute Gasteiger partial charge is 0.144 e. The number of nitrogens with two attached hydrogens (primary N) is 1. The molecule has 0 aliphatic rings. The van der Waals surface area contributed by atoms with Crippen LogP contribution in [0.2, 0.25) is 0 Å². The van der Waals surface area contributed by atoms with Gasteiger partial charge in [-0.05, 0) is 24.6 Å². The van der Waals surface area contributed by atoms with Gasteiger partial charge in [0.25, 0.3) is 0 Å². The van der Waals surface area contributed by atoms with E-state index in [1.807, 2.05) is 25.1 Å². The molecule has 5 nitrogen and oxygen atoms in total. The van der Waals surface area contributed by atoms with E-state index in [1.165, 1.54) is 0 Å². The average Bonchev–Trinajstić information content (AvgIpc) is 2.76. The first-order valence-electron chi connectivity index (χ1n) is 5.01. The minimum atomic E-state index is 0.393. The third-order valence-corrected chi connectivity index (χ3v) is 2.39. The molecular formula is C11H14N4O. The minimum absolute atomic E-state index is 0.393. The summed E-state index contributed by atoms with van der Waals surface area (Å²) in [5.41, 5.74) is 8.47. The molecule has 0 saturated heterocycles. The van der Waals surface area contributed by atoms with Crippen LogP contribution >= 0.6 is 0 Å². The fraction of sp³-hybridized carbons (Fsp3) is 0.273. The Labute approximate surface area is 93.8 Å². The molecule has 16 heavy (non-hydrogen) atoms. The van der Waals surface area contributed by atoms with E-state index >= 15 is 0 Å². The molecule has 0 fully saturated rings. The molecule has 84 valence electrons. The van der Waals surface area contributed by atoms with Crippen LogP contribution in [0.5, 0.6) is 5.75 Å². The predicted octanol–water partition coefficient (Wildman–Crippen LogP) is 1.04. The zero-order chi connectivity index (χ0) is 11.5. The predicted molar refractivity (Wildman–Crippen MR) is 60.5 cm³/mol. The average molecular weight is 218 g/mol. The van der Waals surface area contributed by atoms with E-state index in [9.17, 15) is 0 Å². The van der Waals surface area contributed by atoms with Crippen LogP contribution in [-0.4, -0.2) is 22.1 Å². The summed E-state index contributed by atoms with van der Waals surface area (Å²) in [5.74, 6) is 0.755. The second-order valence-electron chi connectivity index (χ2n) is 3.52. The van der Waals surface area contributed by atoms with Crippen molar-refractivity contribution >= 4 is 0 Å². The van der Waals surface area contributed by atoms with E-state index in [1.54, 1.807) is 18.0 Å². The summed E-state index contributed by atoms with van der Waals surface area (Å²) in [7, 11) is 1.63. The van der Waals surface area contributed by atoms with E-state index in [2.05, 4.69) is 10.3 Å². The van der Waals surface area contributed by atoms with Gasteiger partial charge in [0.1, 0.15) is 11.4 Å². The van der Waals surface area contributed by atoms with Crippen LogP contribution < -0.4 is 10.5 Å². The molecule has 0 atom stereocenters. The van der Waals surface area contributed by atoms with E-state index in [-0.39, 0.29) is 0 Å². The quantitative estimate of drug-likeness (QED) is 0.836. The number of methoxy groups -OCH3 is 1. The molecule has 0 bridgehead atoms. The first-order chi connectivity index (χ1) is 7.76. The van der Waals surface area contributed by atoms with Crippen LogP contribution in [-0.2, 0) is 6.54 Å². The van der Waals surface area contributed by atoms with Gasteiger partial charge < -0.3 is 10.5 Å². The summed E-state index contributed by atoms with van der Waals surface area (Å²) >= 11 is 0. The molecule has 5 heteroatoms. The fourth-order valence-electron chi connectivity index (χ4n) is 1.56. The van der Waals surface area contributed by atoms with Gasteiger partial charge in [-0.3, -0.25) is 0 Å². The number of rotatable bonds is 3. The van der Waals surface area contributed by atoms with Crippen molar-refractivity contribution < 1.29 is 4.74 Å². The van der Waals surface area contributed by atoms with Gasteiger partial charge in [0.05, 0.1) is 19.0 Å². The zero-order valence-electron chi connectivity index (χ0n) is 9.34. The van der Waals surface area contributed by atoms with E-state index in [4.69, 9.17) is 10.5 Å². The van der Waals surface area contributed by atoms with Crippen LogP contribution in [0.4, 0.5) is 0 Å². The second-order valence-corrected chi connectivity index (χ2v) is 3.52. The lowest BCUT2D eigenvalue weighted by Crippen LogP contribution is -2.08. The zero-order valence-corrected chi connectivity index (χ0v) is 9.34.